The normalized spacial score (nSPS) is 12.4. The molecule has 0 radical (unpaired) electrons. The quantitative estimate of drug-likeness (QED) is 0.824. The highest BCUT2D eigenvalue weighted by Gasteiger charge is 2.12. The molecule has 2 rings (SSSR count). The van der Waals surface area contributed by atoms with Crippen molar-refractivity contribution in [2.24, 2.45) is 5.92 Å². The first-order valence-electron chi connectivity index (χ1n) is 7.46. The summed E-state index contributed by atoms with van der Waals surface area (Å²) in [5.41, 5.74) is 2.00. The van der Waals surface area contributed by atoms with Crippen molar-refractivity contribution in [3.8, 4) is 0 Å². The van der Waals surface area contributed by atoms with E-state index >= 15 is 0 Å². The van der Waals surface area contributed by atoms with E-state index < -0.39 is 6.10 Å². The molecule has 118 valence electrons. The molecular formula is C17H22N2O2S. The van der Waals surface area contributed by atoms with Crippen molar-refractivity contribution in [3.05, 3.63) is 52.0 Å². The number of carbonyl (C=O) groups excluding carboxylic acids is 1. The lowest BCUT2D eigenvalue weighted by Gasteiger charge is -2.14. The van der Waals surface area contributed by atoms with E-state index in [-0.39, 0.29) is 24.8 Å². The van der Waals surface area contributed by atoms with Gasteiger partial charge >= 0.3 is 0 Å². The first-order valence-corrected chi connectivity index (χ1v) is 8.34. The Labute approximate surface area is 135 Å². The van der Waals surface area contributed by atoms with Gasteiger partial charge in [0.15, 0.2) is 0 Å². The molecule has 22 heavy (non-hydrogen) atoms. The van der Waals surface area contributed by atoms with Crippen LogP contribution < -0.4 is 5.32 Å². The van der Waals surface area contributed by atoms with E-state index in [0.717, 1.165) is 17.1 Å². The maximum absolute atomic E-state index is 11.8. The summed E-state index contributed by atoms with van der Waals surface area (Å²) in [5, 5.41) is 15.4. The zero-order valence-electron chi connectivity index (χ0n) is 13.0. The van der Waals surface area contributed by atoms with E-state index in [1.165, 1.54) is 5.56 Å². The van der Waals surface area contributed by atoms with Gasteiger partial charge in [0.25, 0.3) is 0 Å². The molecular weight excluding hydrogens is 296 g/mol. The Morgan fingerprint density at radius 2 is 2.05 bits per heavy atom. The molecule has 2 N–H and O–H groups in total. The molecule has 2 aromatic rings. The lowest BCUT2D eigenvalue weighted by Crippen LogP contribution is -2.35. The van der Waals surface area contributed by atoms with E-state index in [1.54, 1.807) is 11.3 Å². The van der Waals surface area contributed by atoms with Gasteiger partial charge in [0.05, 0.1) is 23.2 Å². The summed E-state index contributed by atoms with van der Waals surface area (Å²) in [6, 6.07) is 10.2. The third-order valence-electron chi connectivity index (χ3n) is 3.42. The smallest absolute Gasteiger partial charge is 0.226 e. The van der Waals surface area contributed by atoms with Crippen molar-refractivity contribution in [3.63, 3.8) is 0 Å². The van der Waals surface area contributed by atoms with Gasteiger partial charge in [0.1, 0.15) is 0 Å². The van der Waals surface area contributed by atoms with Crippen molar-refractivity contribution < 1.29 is 9.90 Å². The summed E-state index contributed by atoms with van der Waals surface area (Å²) in [4.78, 5) is 16.4. The first kappa shape index (κ1) is 16.6. The van der Waals surface area contributed by atoms with E-state index in [1.807, 2.05) is 37.4 Å². The monoisotopic (exact) mass is 318 g/mol. The van der Waals surface area contributed by atoms with Gasteiger partial charge in [-0.3, -0.25) is 4.79 Å². The summed E-state index contributed by atoms with van der Waals surface area (Å²) in [6.45, 7) is 4.14. The number of rotatable bonds is 7. The molecule has 0 saturated carbocycles. The molecule has 0 aliphatic rings. The number of amides is 1. The van der Waals surface area contributed by atoms with Crippen LogP contribution in [0.4, 0.5) is 0 Å². The second-order valence-corrected chi connectivity index (χ2v) is 6.63. The van der Waals surface area contributed by atoms with Crippen molar-refractivity contribution >= 4 is 17.2 Å². The number of aliphatic hydroxyl groups is 1. The highest BCUT2D eigenvalue weighted by atomic mass is 32.1. The van der Waals surface area contributed by atoms with Crippen molar-refractivity contribution in [1.82, 2.24) is 10.3 Å². The third kappa shape index (κ3) is 5.24. The summed E-state index contributed by atoms with van der Waals surface area (Å²) < 4.78 is 0. The lowest BCUT2D eigenvalue weighted by atomic mass is 10.1. The van der Waals surface area contributed by atoms with Crippen LogP contribution in [0.3, 0.4) is 0 Å². The van der Waals surface area contributed by atoms with Crippen LogP contribution in [0.25, 0.3) is 0 Å². The molecule has 5 heteroatoms. The van der Waals surface area contributed by atoms with Crippen LogP contribution in [0.2, 0.25) is 0 Å². The molecule has 1 unspecified atom stereocenters. The molecule has 0 saturated heterocycles. The predicted molar refractivity (Wildman–Crippen MR) is 88.9 cm³/mol. The van der Waals surface area contributed by atoms with Crippen molar-refractivity contribution in [2.75, 3.05) is 6.54 Å². The van der Waals surface area contributed by atoms with Crippen LogP contribution in [0.1, 0.15) is 30.1 Å². The SMILES string of the molecule is CC(C)C(O)CNC(=O)Cc1csc(Cc2ccccc2)n1. The first-order chi connectivity index (χ1) is 10.5. The van der Waals surface area contributed by atoms with Gasteiger partial charge in [-0.25, -0.2) is 4.98 Å². The second-order valence-electron chi connectivity index (χ2n) is 5.69. The number of hydrogen-bond donors (Lipinski definition) is 2. The largest absolute Gasteiger partial charge is 0.391 e. The third-order valence-corrected chi connectivity index (χ3v) is 4.31. The molecule has 0 aliphatic heterocycles. The van der Waals surface area contributed by atoms with E-state index in [9.17, 15) is 9.90 Å². The Kier molecular flexibility index (Phi) is 6.10. The van der Waals surface area contributed by atoms with E-state index in [0.29, 0.717) is 0 Å². The maximum atomic E-state index is 11.8. The highest BCUT2D eigenvalue weighted by Crippen LogP contribution is 2.15. The average Bonchev–Trinajstić information content (AvgIpc) is 2.92. The molecule has 0 aliphatic carbocycles. The molecule has 1 aromatic heterocycles. The van der Waals surface area contributed by atoms with Crippen LogP contribution in [-0.2, 0) is 17.6 Å². The second kappa shape index (κ2) is 8.06. The Morgan fingerprint density at radius 1 is 1.32 bits per heavy atom. The molecule has 1 heterocycles. The van der Waals surface area contributed by atoms with Gasteiger partial charge in [-0.15, -0.1) is 11.3 Å². The summed E-state index contributed by atoms with van der Waals surface area (Å²) >= 11 is 1.58. The molecule has 0 bridgehead atoms. The minimum atomic E-state index is -0.506. The number of hydrogen-bond acceptors (Lipinski definition) is 4. The number of benzene rings is 1. The Balaban J connectivity index is 1.83. The number of carbonyl (C=O) groups is 1. The highest BCUT2D eigenvalue weighted by molar-refractivity contribution is 7.09. The number of nitrogens with zero attached hydrogens (tertiary/aromatic N) is 1. The number of nitrogens with one attached hydrogen (secondary N) is 1. The minimum absolute atomic E-state index is 0.101. The zero-order chi connectivity index (χ0) is 15.9. The fourth-order valence-electron chi connectivity index (χ4n) is 1.96. The topological polar surface area (TPSA) is 62.2 Å². The molecule has 0 fully saturated rings. The van der Waals surface area contributed by atoms with Gasteiger partial charge in [0.2, 0.25) is 5.91 Å². The minimum Gasteiger partial charge on any atom is -0.391 e. The van der Waals surface area contributed by atoms with Crippen LogP contribution in [0.5, 0.6) is 0 Å². The van der Waals surface area contributed by atoms with Gasteiger partial charge < -0.3 is 10.4 Å². The summed E-state index contributed by atoms with van der Waals surface area (Å²) in [5.74, 6) is 0.0355. The van der Waals surface area contributed by atoms with Crippen LogP contribution in [0, 0.1) is 5.92 Å². The maximum Gasteiger partial charge on any atom is 0.226 e. The van der Waals surface area contributed by atoms with Gasteiger partial charge in [-0.2, -0.15) is 0 Å². The predicted octanol–water partition coefficient (Wildman–Crippen LogP) is 2.41. The molecule has 0 spiro atoms. The Morgan fingerprint density at radius 3 is 2.73 bits per heavy atom. The van der Waals surface area contributed by atoms with Gasteiger partial charge in [-0.05, 0) is 11.5 Å². The standard InChI is InChI=1S/C17H22N2O2S/c1-12(2)15(20)10-18-16(21)9-14-11-22-17(19-14)8-13-6-4-3-5-7-13/h3-7,11-12,15,20H,8-10H2,1-2H3,(H,18,21). The van der Waals surface area contributed by atoms with Crippen molar-refractivity contribution in [1.29, 1.82) is 0 Å². The van der Waals surface area contributed by atoms with Gasteiger partial charge in [0, 0.05) is 18.3 Å². The van der Waals surface area contributed by atoms with Crippen LogP contribution >= 0.6 is 11.3 Å². The number of aliphatic hydroxyl groups excluding tert-OH is 1. The Hall–Kier alpha value is -1.72. The molecule has 1 atom stereocenters. The Bertz CT molecular complexity index is 596. The number of aromatic nitrogens is 1. The van der Waals surface area contributed by atoms with Crippen LogP contribution in [0.15, 0.2) is 35.7 Å². The van der Waals surface area contributed by atoms with Gasteiger partial charge in [-0.1, -0.05) is 44.2 Å². The summed E-state index contributed by atoms with van der Waals surface area (Å²) in [6.07, 6.45) is 0.544. The molecule has 1 amide bonds. The van der Waals surface area contributed by atoms with E-state index in [2.05, 4.69) is 22.4 Å². The van der Waals surface area contributed by atoms with Crippen LogP contribution in [-0.4, -0.2) is 28.6 Å². The fourth-order valence-corrected chi connectivity index (χ4v) is 2.79. The zero-order valence-corrected chi connectivity index (χ0v) is 13.8. The fraction of sp³-hybridized carbons (Fsp3) is 0.412. The molecule has 1 aromatic carbocycles. The summed E-state index contributed by atoms with van der Waals surface area (Å²) in [7, 11) is 0. The lowest BCUT2D eigenvalue weighted by molar-refractivity contribution is -0.121. The average molecular weight is 318 g/mol. The molecule has 4 nitrogen and oxygen atoms in total. The van der Waals surface area contributed by atoms with E-state index in [4.69, 9.17) is 0 Å². The van der Waals surface area contributed by atoms with Crippen molar-refractivity contribution in [2.45, 2.75) is 32.8 Å². The number of thiazole rings is 1.